The Balaban J connectivity index is 2.19. The van der Waals surface area contributed by atoms with Gasteiger partial charge in [0.05, 0.1) is 6.61 Å². The molecule has 0 spiro atoms. The van der Waals surface area contributed by atoms with Crippen molar-refractivity contribution in [1.29, 1.82) is 0 Å². The maximum atomic E-state index is 11.0. The predicted octanol–water partition coefficient (Wildman–Crippen LogP) is 4.88. The number of aromatic carboxylic acids is 1. The van der Waals surface area contributed by atoms with Crippen LogP contribution in [0.2, 0.25) is 0 Å². The summed E-state index contributed by atoms with van der Waals surface area (Å²) in [6.45, 7) is 4.73. The quantitative estimate of drug-likeness (QED) is 0.623. The molecule has 0 aliphatic heterocycles. The van der Waals surface area contributed by atoms with E-state index in [0.717, 1.165) is 18.4 Å². The van der Waals surface area contributed by atoms with Gasteiger partial charge < -0.3 is 9.84 Å². The number of carboxylic acid groups (broad SMARTS) is 1. The molecule has 1 aromatic rings. The van der Waals surface area contributed by atoms with Gasteiger partial charge in [-0.3, -0.25) is 0 Å². The molecule has 0 amide bonds. The highest BCUT2D eigenvalue weighted by Crippen LogP contribution is 2.30. The van der Waals surface area contributed by atoms with Crippen molar-refractivity contribution in [1.82, 2.24) is 0 Å². The van der Waals surface area contributed by atoms with E-state index in [1.165, 1.54) is 43.4 Å². The summed E-state index contributed by atoms with van der Waals surface area (Å²) in [6, 6.07) is 0. The Hall–Kier alpha value is -1.03. The SMILES string of the molecule is CCCCCCCCCOc1c(C)csc1C(=O)O. The van der Waals surface area contributed by atoms with Gasteiger partial charge in [-0.15, -0.1) is 11.3 Å². The number of carboxylic acids is 1. The van der Waals surface area contributed by atoms with Crippen molar-refractivity contribution in [3.05, 3.63) is 15.8 Å². The van der Waals surface area contributed by atoms with Crippen LogP contribution in [0.5, 0.6) is 5.75 Å². The molecule has 4 heteroatoms. The molecule has 0 aliphatic carbocycles. The maximum absolute atomic E-state index is 11.0. The van der Waals surface area contributed by atoms with E-state index in [2.05, 4.69) is 6.92 Å². The molecule has 1 N–H and O–H groups in total. The number of unbranched alkanes of at least 4 members (excludes halogenated alkanes) is 6. The molecule has 108 valence electrons. The van der Waals surface area contributed by atoms with Gasteiger partial charge in [0, 0.05) is 5.56 Å². The Morgan fingerprint density at radius 2 is 1.84 bits per heavy atom. The lowest BCUT2D eigenvalue weighted by Crippen LogP contribution is -2.02. The summed E-state index contributed by atoms with van der Waals surface area (Å²) in [7, 11) is 0. The molecule has 0 aromatic carbocycles. The molecule has 0 saturated carbocycles. The van der Waals surface area contributed by atoms with Crippen LogP contribution in [0, 0.1) is 6.92 Å². The van der Waals surface area contributed by atoms with Crippen molar-refractivity contribution in [3.63, 3.8) is 0 Å². The smallest absolute Gasteiger partial charge is 0.349 e. The van der Waals surface area contributed by atoms with Gasteiger partial charge in [-0.05, 0) is 18.7 Å². The number of thiophene rings is 1. The highest BCUT2D eigenvalue weighted by atomic mass is 32.1. The fourth-order valence-electron chi connectivity index (χ4n) is 1.99. The molecule has 1 rings (SSSR count). The molecule has 19 heavy (non-hydrogen) atoms. The summed E-state index contributed by atoms with van der Waals surface area (Å²) in [6.07, 6.45) is 8.63. The molecule has 0 aliphatic rings. The highest BCUT2D eigenvalue weighted by Gasteiger charge is 2.16. The second kappa shape index (κ2) is 8.97. The zero-order chi connectivity index (χ0) is 14.1. The van der Waals surface area contributed by atoms with Gasteiger partial charge in [0.2, 0.25) is 0 Å². The number of aryl methyl sites for hydroxylation is 1. The third-order valence-corrected chi connectivity index (χ3v) is 4.17. The van der Waals surface area contributed by atoms with Crippen molar-refractivity contribution < 1.29 is 14.6 Å². The molecule has 0 bridgehead atoms. The van der Waals surface area contributed by atoms with Crippen LogP contribution in [-0.2, 0) is 0 Å². The second-order valence-electron chi connectivity index (χ2n) is 4.85. The van der Waals surface area contributed by atoms with E-state index in [1.54, 1.807) is 0 Å². The Morgan fingerprint density at radius 3 is 2.47 bits per heavy atom. The van der Waals surface area contributed by atoms with Gasteiger partial charge in [-0.1, -0.05) is 45.4 Å². The molecular weight excluding hydrogens is 260 g/mol. The van der Waals surface area contributed by atoms with Gasteiger partial charge in [0.1, 0.15) is 5.75 Å². The zero-order valence-corrected chi connectivity index (χ0v) is 12.7. The van der Waals surface area contributed by atoms with Gasteiger partial charge in [0.15, 0.2) is 4.88 Å². The summed E-state index contributed by atoms with van der Waals surface area (Å²) in [4.78, 5) is 11.3. The maximum Gasteiger partial charge on any atom is 0.349 e. The lowest BCUT2D eigenvalue weighted by molar-refractivity contribution is 0.0698. The van der Waals surface area contributed by atoms with Crippen molar-refractivity contribution in [2.24, 2.45) is 0 Å². The van der Waals surface area contributed by atoms with Crippen LogP contribution in [0.4, 0.5) is 0 Å². The first-order valence-corrected chi connectivity index (χ1v) is 7.99. The molecule has 3 nitrogen and oxygen atoms in total. The van der Waals surface area contributed by atoms with Crippen LogP contribution >= 0.6 is 11.3 Å². The molecule has 0 unspecified atom stereocenters. The van der Waals surface area contributed by atoms with Crippen LogP contribution in [0.1, 0.15) is 67.1 Å². The summed E-state index contributed by atoms with van der Waals surface area (Å²) < 4.78 is 5.63. The molecule has 1 heterocycles. The summed E-state index contributed by atoms with van der Waals surface area (Å²) in [5, 5.41) is 10.9. The van der Waals surface area contributed by atoms with Gasteiger partial charge >= 0.3 is 5.97 Å². The van der Waals surface area contributed by atoms with E-state index in [0.29, 0.717) is 17.2 Å². The third kappa shape index (κ3) is 5.64. The van der Waals surface area contributed by atoms with Gasteiger partial charge in [-0.2, -0.15) is 0 Å². The van der Waals surface area contributed by atoms with E-state index in [4.69, 9.17) is 9.84 Å². The first-order valence-electron chi connectivity index (χ1n) is 7.11. The van der Waals surface area contributed by atoms with Crippen molar-refractivity contribution in [2.75, 3.05) is 6.61 Å². The lowest BCUT2D eigenvalue weighted by atomic mass is 10.1. The minimum atomic E-state index is -0.896. The number of rotatable bonds is 10. The number of hydrogen-bond acceptors (Lipinski definition) is 3. The van der Waals surface area contributed by atoms with Crippen LogP contribution in [0.3, 0.4) is 0 Å². The molecule has 0 saturated heterocycles. The predicted molar refractivity (Wildman–Crippen MR) is 79.5 cm³/mol. The molecule has 0 radical (unpaired) electrons. The first-order chi connectivity index (χ1) is 9.16. The van der Waals surface area contributed by atoms with E-state index < -0.39 is 5.97 Å². The fourth-order valence-corrected chi connectivity index (χ4v) is 2.82. The molecule has 1 aromatic heterocycles. The first kappa shape index (κ1) is 16.0. The van der Waals surface area contributed by atoms with E-state index in [1.807, 2.05) is 12.3 Å². The van der Waals surface area contributed by atoms with Crippen LogP contribution < -0.4 is 4.74 Å². The third-order valence-electron chi connectivity index (χ3n) is 3.11. The lowest BCUT2D eigenvalue weighted by Gasteiger charge is -2.07. The minimum absolute atomic E-state index is 0.320. The topological polar surface area (TPSA) is 46.5 Å². The summed E-state index contributed by atoms with van der Waals surface area (Å²) in [5.74, 6) is -0.337. The van der Waals surface area contributed by atoms with Crippen molar-refractivity contribution in [2.45, 2.75) is 58.8 Å². The molecule has 0 atom stereocenters. The standard InChI is InChI=1S/C15H24O3S/c1-3-4-5-6-7-8-9-10-18-13-12(2)11-19-14(13)15(16)17/h11H,3-10H2,1-2H3,(H,16,17). The van der Waals surface area contributed by atoms with Crippen LogP contribution in [0.15, 0.2) is 5.38 Å². The fraction of sp³-hybridized carbons (Fsp3) is 0.667. The summed E-state index contributed by atoms with van der Waals surface area (Å²) >= 11 is 1.24. The summed E-state index contributed by atoms with van der Waals surface area (Å²) in [5.41, 5.74) is 0.922. The average molecular weight is 284 g/mol. The number of ether oxygens (including phenoxy) is 1. The normalized spacial score (nSPS) is 10.6. The molecule has 0 fully saturated rings. The second-order valence-corrected chi connectivity index (χ2v) is 5.73. The minimum Gasteiger partial charge on any atom is -0.492 e. The van der Waals surface area contributed by atoms with Gasteiger partial charge in [-0.25, -0.2) is 4.79 Å². The van der Waals surface area contributed by atoms with Gasteiger partial charge in [0.25, 0.3) is 0 Å². The Kier molecular flexibility index (Phi) is 7.56. The average Bonchev–Trinajstić information content (AvgIpc) is 2.74. The Bertz CT molecular complexity index is 385. The largest absolute Gasteiger partial charge is 0.492 e. The van der Waals surface area contributed by atoms with Crippen LogP contribution in [0.25, 0.3) is 0 Å². The zero-order valence-electron chi connectivity index (χ0n) is 11.9. The monoisotopic (exact) mass is 284 g/mol. The van der Waals surface area contributed by atoms with Crippen molar-refractivity contribution >= 4 is 17.3 Å². The van der Waals surface area contributed by atoms with E-state index in [-0.39, 0.29) is 0 Å². The number of carbonyl (C=O) groups is 1. The number of hydrogen-bond donors (Lipinski definition) is 1. The Labute approximate surface area is 119 Å². The van der Waals surface area contributed by atoms with Crippen LogP contribution in [-0.4, -0.2) is 17.7 Å². The molecular formula is C15H24O3S. The van der Waals surface area contributed by atoms with Crippen molar-refractivity contribution in [3.8, 4) is 5.75 Å². The van der Waals surface area contributed by atoms with E-state index >= 15 is 0 Å². The van der Waals surface area contributed by atoms with E-state index in [9.17, 15) is 4.79 Å². The Morgan fingerprint density at radius 1 is 1.21 bits per heavy atom. The highest BCUT2D eigenvalue weighted by molar-refractivity contribution is 7.12.